The highest BCUT2D eigenvalue weighted by Gasteiger charge is 2.08. The molecule has 5 nitrogen and oxygen atoms in total. The largest absolute Gasteiger partial charge is 0.324 e. The smallest absolute Gasteiger partial charge is 0.227 e. The highest BCUT2D eigenvalue weighted by Crippen LogP contribution is 2.23. The third-order valence-electron chi connectivity index (χ3n) is 3.32. The fraction of sp³-hybridized carbons (Fsp3) is 0.0588. The van der Waals surface area contributed by atoms with Gasteiger partial charge in [-0.05, 0) is 36.8 Å². The fourth-order valence-corrected chi connectivity index (χ4v) is 2.43. The highest BCUT2D eigenvalue weighted by atomic mass is 127. The van der Waals surface area contributed by atoms with Crippen LogP contribution in [0, 0.1) is 6.92 Å². The van der Waals surface area contributed by atoms with Crippen LogP contribution in [0.1, 0.15) is 15.9 Å². The second-order valence-electron chi connectivity index (χ2n) is 4.94. The topological polar surface area (TPSA) is 67.8 Å². The normalized spacial score (nSPS) is 10.3. The van der Waals surface area contributed by atoms with Gasteiger partial charge in [-0.2, -0.15) is 0 Å². The van der Waals surface area contributed by atoms with Crippen LogP contribution in [0.3, 0.4) is 0 Å². The number of halogens is 1. The molecular formula is C17H13IN4O. The minimum absolute atomic E-state index is 0.00400. The summed E-state index contributed by atoms with van der Waals surface area (Å²) in [6.07, 6.45) is 5.17. The van der Waals surface area contributed by atoms with Crippen molar-refractivity contribution in [2.75, 3.05) is 5.32 Å². The van der Waals surface area contributed by atoms with E-state index in [1.807, 2.05) is 43.3 Å². The Kier molecular flexibility index (Phi) is 4.61. The van der Waals surface area contributed by atoms with Crippen molar-refractivity contribution < 1.29 is 4.79 Å². The lowest BCUT2D eigenvalue weighted by Gasteiger charge is -2.10. The van der Waals surface area contributed by atoms with Crippen LogP contribution >= 0.6 is 22.6 Å². The van der Waals surface area contributed by atoms with E-state index in [0.29, 0.717) is 11.5 Å². The number of hydrogen-bond acceptors (Lipinski definition) is 5. The molecule has 0 unspecified atom stereocenters. The van der Waals surface area contributed by atoms with E-state index in [0.717, 1.165) is 22.5 Å². The third kappa shape index (κ3) is 3.70. The van der Waals surface area contributed by atoms with Crippen LogP contribution in [0.4, 0.5) is 11.6 Å². The van der Waals surface area contributed by atoms with Gasteiger partial charge in [0.1, 0.15) is 0 Å². The van der Waals surface area contributed by atoms with Gasteiger partial charge in [0.2, 0.25) is 9.74 Å². The van der Waals surface area contributed by atoms with Gasteiger partial charge in [0, 0.05) is 58.0 Å². The molecule has 0 saturated carbocycles. The molecule has 0 radical (unpaired) electrons. The molecule has 23 heavy (non-hydrogen) atoms. The van der Waals surface area contributed by atoms with Crippen molar-refractivity contribution in [1.29, 1.82) is 0 Å². The van der Waals surface area contributed by atoms with Crippen molar-refractivity contribution in [3.05, 3.63) is 66.1 Å². The number of carbonyl (C=O) groups excluding carboxylic acids is 1. The molecule has 1 N–H and O–H groups in total. The van der Waals surface area contributed by atoms with E-state index in [1.165, 1.54) is 0 Å². The summed E-state index contributed by atoms with van der Waals surface area (Å²) in [5.41, 5.74) is 4.18. The molecule has 6 heteroatoms. The lowest BCUT2D eigenvalue weighted by Crippen LogP contribution is -2.01. The molecule has 0 spiro atoms. The maximum absolute atomic E-state index is 11.5. The molecule has 0 saturated heterocycles. The zero-order valence-electron chi connectivity index (χ0n) is 12.3. The van der Waals surface area contributed by atoms with E-state index in [1.54, 1.807) is 41.2 Å². The van der Waals surface area contributed by atoms with Gasteiger partial charge >= 0.3 is 0 Å². The molecule has 2 heterocycles. The van der Waals surface area contributed by atoms with E-state index in [9.17, 15) is 4.79 Å². The van der Waals surface area contributed by atoms with Crippen molar-refractivity contribution in [2.24, 2.45) is 0 Å². The van der Waals surface area contributed by atoms with E-state index in [4.69, 9.17) is 0 Å². The number of aromatic nitrogens is 3. The Labute approximate surface area is 147 Å². The number of nitrogens with zero attached hydrogens (tertiary/aromatic N) is 3. The maximum Gasteiger partial charge on any atom is 0.227 e. The first-order chi connectivity index (χ1) is 11.1. The predicted molar refractivity (Wildman–Crippen MR) is 98.1 cm³/mol. The number of carbonyl (C=O) groups is 1. The Bertz CT molecular complexity index is 852. The minimum atomic E-state index is -0.00400. The number of nitrogens with one attached hydrogen (secondary N) is 1. The zero-order valence-corrected chi connectivity index (χ0v) is 14.5. The van der Waals surface area contributed by atoms with Crippen LogP contribution in [0.15, 0.2) is 55.0 Å². The first-order valence-electron chi connectivity index (χ1n) is 6.94. The second-order valence-corrected chi connectivity index (χ2v) is 5.92. The van der Waals surface area contributed by atoms with Crippen molar-refractivity contribution in [3.63, 3.8) is 0 Å². The minimum Gasteiger partial charge on any atom is -0.324 e. The number of pyridine rings is 1. The van der Waals surface area contributed by atoms with Crippen molar-refractivity contribution in [3.8, 4) is 11.3 Å². The Hall–Kier alpha value is -2.35. The molecule has 114 valence electrons. The fourth-order valence-electron chi connectivity index (χ4n) is 2.09. The zero-order chi connectivity index (χ0) is 16.2. The van der Waals surface area contributed by atoms with Crippen LogP contribution < -0.4 is 5.32 Å². The van der Waals surface area contributed by atoms with Gasteiger partial charge in [0.15, 0.2) is 0 Å². The number of rotatable bonds is 4. The van der Waals surface area contributed by atoms with Gasteiger partial charge in [-0.15, -0.1) is 0 Å². The quantitative estimate of drug-likeness (QED) is 0.511. The average Bonchev–Trinajstić information content (AvgIpc) is 2.58. The summed E-state index contributed by atoms with van der Waals surface area (Å²) in [6, 6.07) is 11.2. The molecule has 0 aliphatic heterocycles. The van der Waals surface area contributed by atoms with E-state index >= 15 is 0 Å². The molecule has 0 bridgehead atoms. The monoisotopic (exact) mass is 416 g/mol. The first-order valence-corrected chi connectivity index (χ1v) is 8.02. The summed E-state index contributed by atoms with van der Waals surface area (Å²) in [5, 5.41) is 3.18. The molecular weight excluding hydrogens is 403 g/mol. The van der Waals surface area contributed by atoms with Crippen molar-refractivity contribution in [1.82, 2.24) is 15.0 Å². The van der Waals surface area contributed by atoms with Gasteiger partial charge in [-0.25, -0.2) is 9.97 Å². The molecule has 1 aromatic carbocycles. The van der Waals surface area contributed by atoms with E-state index < -0.39 is 0 Å². The van der Waals surface area contributed by atoms with Crippen molar-refractivity contribution in [2.45, 2.75) is 6.92 Å². The summed E-state index contributed by atoms with van der Waals surface area (Å²) in [5.74, 6) is 0.479. The maximum atomic E-state index is 11.5. The SMILES string of the molecule is Cc1ccc(C(=O)I)cc1Nc1nccc(-c2cccnc2)n1. The molecule has 0 fully saturated rings. The standard InChI is InChI=1S/C17H13IN4O/c1-11-4-5-12(16(18)23)9-15(11)22-17-20-8-6-14(21-17)13-3-2-7-19-10-13/h2-10H,1H3,(H,20,21,22). The molecule has 0 aliphatic carbocycles. The Morgan fingerprint density at radius 3 is 2.78 bits per heavy atom. The lowest BCUT2D eigenvalue weighted by atomic mass is 10.1. The lowest BCUT2D eigenvalue weighted by molar-refractivity contribution is 0.110. The van der Waals surface area contributed by atoms with Gasteiger partial charge in [-0.1, -0.05) is 12.1 Å². The molecule has 0 amide bonds. The second kappa shape index (κ2) is 6.82. The summed E-state index contributed by atoms with van der Waals surface area (Å²) in [6.45, 7) is 1.97. The van der Waals surface area contributed by atoms with Gasteiger partial charge in [0.25, 0.3) is 0 Å². The molecule has 0 aliphatic rings. The van der Waals surface area contributed by atoms with E-state index in [2.05, 4.69) is 20.3 Å². The van der Waals surface area contributed by atoms with Crippen LogP contribution in [0.5, 0.6) is 0 Å². The van der Waals surface area contributed by atoms with Gasteiger partial charge < -0.3 is 5.32 Å². The van der Waals surface area contributed by atoms with Gasteiger partial charge in [0.05, 0.1) is 5.69 Å². The van der Waals surface area contributed by atoms with E-state index in [-0.39, 0.29) is 3.79 Å². The first kappa shape index (κ1) is 15.5. The molecule has 3 rings (SSSR count). The Morgan fingerprint density at radius 1 is 1.17 bits per heavy atom. The van der Waals surface area contributed by atoms with Crippen molar-refractivity contribution >= 4 is 38.0 Å². The third-order valence-corrected chi connectivity index (χ3v) is 3.95. The molecule has 2 aromatic heterocycles. The van der Waals surface area contributed by atoms with Crippen LogP contribution in [0.2, 0.25) is 0 Å². The number of aryl methyl sites for hydroxylation is 1. The highest BCUT2D eigenvalue weighted by molar-refractivity contribution is 14.1. The van der Waals surface area contributed by atoms with Crippen LogP contribution in [0.25, 0.3) is 11.3 Å². The summed E-state index contributed by atoms with van der Waals surface area (Å²) in [4.78, 5) is 24.4. The molecule has 3 aromatic rings. The number of benzene rings is 1. The summed E-state index contributed by atoms with van der Waals surface area (Å²) in [7, 11) is 0. The van der Waals surface area contributed by atoms with Crippen LogP contribution in [-0.4, -0.2) is 18.7 Å². The average molecular weight is 416 g/mol. The predicted octanol–water partition coefficient (Wildman–Crippen LogP) is 4.17. The number of anilines is 2. The summed E-state index contributed by atoms with van der Waals surface area (Å²) < 4.78 is -0.00400. The van der Waals surface area contributed by atoms with Gasteiger partial charge in [-0.3, -0.25) is 9.78 Å². The van der Waals surface area contributed by atoms with Crippen LogP contribution in [-0.2, 0) is 0 Å². The Balaban J connectivity index is 1.92. The summed E-state index contributed by atoms with van der Waals surface area (Å²) >= 11 is 1.78. The number of hydrogen-bond donors (Lipinski definition) is 1. The molecule has 0 atom stereocenters. The Morgan fingerprint density at radius 2 is 2.04 bits per heavy atom.